The van der Waals surface area contributed by atoms with Crippen LogP contribution in [0, 0.1) is 0 Å². The van der Waals surface area contributed by atoms with E-state index in [4.69, 9.17) is 5.11 Å². The summed E-state index contributed by atoms with van der Waals surface area (Å²) in [6.45, 7) is 0.00588. The van der Waals surface area contributed by atoms with Gasteiger partial charge in [0.15, 0.2) is 0 Å². The van der Waals surface area contributed by atoms with Gasteiger partial charge in [0.2, 0.25) is 0 Å². The molecular weight excluding hydrogens is 182 g/mol. The Morgan fingerprint density at radius 1 is 1.46 bits per heavy atom. The molecule has 13 heavy (non-hydrogen) atoms. The van der Waals surface area contributed by atoms with Gasteiger partial charge in [0.1, 0.15) is 6.73 Å². The molecule has 1 aromatic carbocycles. The number of fused-ring (bicyclic) bond motifs is 1. The number of rotatable bonds is 2. The standard InChI is InChI=1S/C10H13NOS/c12-7-11-9-3-4-10-8(6-9)2-1-5-13-10/h3-4,6,11-12H,1-2,5,7H2. The highest BCUT2D eigenvalue weighted by atomic mass is 32.2. The summed E-state index contributed by atoms with van der Waals surface area (Å²) in [6.07, 6.45) is 2.43. The largest absolute Gasteiger partial charge is 0.377 e. The van der Waals surface area contributed by atoms with Gasteiger partial charge < -0.3 is 10.4 Å². The maximum absolute atomic E-state index is 8.71. The van der Waals surface area contributed by atoms with Gasteiger partial charge in [-0.25, -0.2) is 0 Å². The summed E-state index contributed by atoms with van der Waals surface area (Å²) < 4.78 is 0. The lowest BCUT2D eigenvalue weighted by atomic mass is 10.1. The van der Waals surface area contributed by atoms with Gasteiger partial charge in [-0.2, -0.15) is 0 Å². The van der Waals surface area contributed by atoms with Crippen LogP contribution in [0.15, 0.2) is 23.1 Å². The molecule has 0 atom stereocenters. The summed E-state index contributed by atoms with van der Waals surface area (Å²) in [6, 6.07) is 6.29. The molecule has 2 nitrogen and oxygen atoms in total. The van der Waals surface area contributed by atoms with Crippen molar-refractivity contribution in [1.29, 1.82) is 0 Å². The summed E-state index contributed by atoms with van der Waals surface area (Å²) in [5.74, 6) is 1.24. The predicted octanol–water partition coefficient (Wildman–Crippen LogP) is 2.09. The molecule has 0 saturated carbocycles. The van der Waals surface area contributed by atoms with E-state index >= 15 is 0 Å². The third-order valence-corrected chi connectivity index (χ3v) is 3.39. The second kappa shape index (κ2) is 4.03. The molecule has 0 unspecified atom stereocenters. The van der Waals surface area contributed by atoms with Crippen molar-refractivity contribution in [2.45, 2.75) is 17.7 Å². The highest BCUT2D eigenvalue weighted by Gasteiger charge is 2.09. The maximum atomic E-state index is 8.71. The first-order valence-corrected chi connectivity index (χ1v) is 5.49. The smallest absolute Gasteiger partial charge is 0.113 e. The lowest BCUT2D eigenvalue weighted by Gasteiger charge is -2.16. The summed E-state index contributed by atoms with van der Waals surface area (Å²) in [4.78, 5) is 1.40. The zero-order chi connectivity index (χ0) is 9.10. The van der Waals surface area contributed by atoms with Crippen molar-refractivity contribution in [3.05, 3.63) is 23.8 Å². The van der Waals surface area contributed by atoms with Crippen molar-refractivity contribution in [1.82, 2.24) is 0 Å². The van der Waals surface area contributed by atoms with Gasteiger partial charge >= 0.3 is 0 Å². The summed E-state index contributed by atoms with van der Waals surface area (Å²) in [5.41, 5.74) is 2.43. The number of aliphatic hydroxyl groups excluding tert-OH is 1. The fourth-order valence-corrected chi connectivity index (χ4v) is 2.58. The molecule has 2 rings (SSSR count). The van der Waals surface area contributed by atoms with E-state index in [0.717, 1.165) is 5.69 Å². The van der Waals surface area contributed by atoms with Crippen molar-refractivity contribution in [3.63, 3.8) is 0 Å². The van der Waals surface area contributed by atoms with E-state index in [0.29, 0.717) is 0 Å². The average molecular weight is 195 g/mol. The van der Waals surface area contributed by atoms with Crippen molar-refractivity contribution in [2.75, 3.05) is 17.8 Å². The topological polar surface area (TPSA) is 32.3 Å². The number of aliphatic hydroxyl groups is 1. The van der Waals surface area contributed by atoms with Gasteiger partial charge in [0.05, 0.1) is 0 Å². The third kappa shape index (κ3) is 1.98. The van der Waals surface area contributed by atoms with E-state index in [1.165, 1.54) is 29.1 Å². The Labute approximate surface area is 82.4 Å². The molecule has 0 amide bonds. The van der Waals surface area contributed by atoms with Crippen LogP contribution in [0.3, 0.4) is 0 Å². The maximum Gasteiger partial charge on any atom is 0.113 e. The van der Waals surface area contributed by atoms with Crippen molar-refractivity contribution in [3.8, 4) is 0 Å². The van der Waals surface area contributed by atoms with E-state index in [9.17, 15) is 0 Å². The van der Waals surface area contributed by atoms with Gasteiger partial charge in [-0.3, -0.25) is 0 Å². The molecule has 0 bridgehead atoms. The molecule has 0 aromatic heterocycles. The monoisotopic (exact) mass is 195 g/mol. The van der Waals surface area contributed by atoms with Gasteiger partial charge in [0, 0.05) is 10.6 Å². The first-order chi connectivity index (χ1) is 6.40. The normalized spacial score (nSPS) is 15.2. The van der Waals surface area contributed by atoms with Gasteiger partial charge in [-0.1, -0.05) is 0 Å². The molecule has 0 fully saturated rings. The zero-order valence-corrected chi connectivity index (χ0v) is 8.23. The molecule has 0 saturated heterocycles. The minimum absolute atomic E-state index is 0.00588. The molecular formula is C10H13NOS. The minimum atomic E-state index is 0.00588. The second-order valence-electron chi connectivity index (χ2n) is 3.11. The van der Waals surface area contributed by atoms with E-state index in [2.05, 4.69) is 17.4 Å². The van der Waals surface area contributed by atoms with Crippen LogP contribution in [0.1, 0.15) is 12.0 Å². The number of hydrogen-bond donors (Lipinski definition) is 2. The number of hydrogen-bond acceptors (Lipinski definition) is 3. The average Bonchev–Trinajstić information content (AvgIpc) is 2.18. The first-order valence-electron chi connectivity index (χ1n) is 4.50. The van der Waals surface area contributed by atoms with E-state index in [1.807, 2.05) is 17.8 Å². The molecule has 1 aromatic rings. The van der Waals surface area contributed by atoms with Crippen LogP contribution in [0.25, 0.3) is 0 Å². The Morgan fingerprint density at radius 3 is 3.23 bits per heavy atom. The highest BCUT2D eigenvalue weighted by Crippen LogP contribution is 2.31. The van der Waals surface area contributed by atoms with Crippen molar-refractivity contribution < 1.29 is 5.11 Å². The fourth-order valence-electron chi connectivity index (χ4n) is 1.56. The summed E-state index contributed by atoms with van der Waals surface area (Å²) >= 11 is 1.93. The number of anilines is 1. The Morgan fingerprint density at radius 2 is 2.38 bits per heavy atom. The first kappa shape index (κ1) is 8.91. The fraction of sp³-hybridized carbons (Fsp3) is 0.400. The van der Waals surface area contributed by atoms with Gasteiger partial charge in [-0.05, 0) is 42.4 Å². The van der Waals surface area contributed by atoms with Gasteiger partial charge in [0.25, 0.3) is 0 Å². The molecule has 0 spiro atoms. The number of aryl methyl sites for hydroxylation is 1. The number of benzene rings is 1. The lowest BCUT2D eigenvalue weighted by molar-refractivity contribution is 0.325. The summed E-state index contributed by atoms with van der Waals surface area (Å²) in [5, 5.41) is 11.6. The Hall–Kier alpha value is -0.670. The Balaban J connectivity index is 2.24. The minimum Gasteiger partial charge on any atom is -0.377 e. The predicted molar refractivity (Wildman–Crippen MR) is 56.2 cm³/mol. The van der Waals surface area contributed by atoms with Crippen LogP contribution in [-0.2, 0) is 6.42 Å². The number of nitrogens with one attached hydrogen (secondary N) is 1. The van der Waals surface area contributed by atoms with Crippen LogP contribution in [0.2, 0.25) is 0 Å². The molecule has 0 aliphatic carbocycles. The molecule has 1 aliphatic heterocycles. The summed E-state index contributed by atoms with van der Waals surface area (Å²) in [7, 11) is 0. The molecule has 1 aliphatic rings. The van der Waals surface area contributed by atoms with Crippen LogP contribution < -0.4 is 5.32 Å². The van der Waals surface area contributed by atoms with Crippen molar-refractivity contribution >= 4 is 17.4 Å². The van der Waals surface area contributed by atoms with Crippen molar-refractivity contribution in [2.24, 2.45) is 0 Å². The zero-order valence-electron chi connectivity index (χ0n) is 7.42. The van der Waals surface area contributed by atoms with Crippen LogP contribution in [0.4, 0.5) is 5.69 Å². The second-order valence-corrected chi connectivity index (χ2v) is 4.25. The molecule has 3 heteroatoms. The van der Waals surface area contributed by atoms with E-state index in [1.54, 1.807) is 0 Å². The number of thioether (sulfide) groups is 1. The Kier molecular flexibility index (Phi) is 2.76. The molecule has 70 valence electrons. The molecule has 1 heterocycles. The highest BCUT2D eigenvalue weighted by molar-refractivity contribution is 7.99. The van der Waals surface area contributed by atoms with E-state index < -0.39 is 0 Å². The Bertz CT molecular complexity index is 301. The van der Waals surface area contributed by atoms with Gasteiger partial charge in [-0.15, -0.1) is 11.8 Å². The van der Waals surface area contributed by atoms with Crippen LogP contribution in [-0.4, -0.2) is 17.6 Å². The SMILES string of the molecule is OCNc1ccc2c(c1)CCCS2. The molecule has 2 N–H and O–H groups in total. The molecule has 0 radical (unpaired) electrons. The van der Waals surface area contributed by atoms with Crippen LogP contribution >= 0.6 is 11.8 Å². The lowest BCUT2D eigenvalue weighted by Crippen LogP contribution is -2.03. The van der Waals surface area contributed by atoms with E-state index in [-0.39, 0.29) is 6.73 Å². The third-order valence-electron chi connectivity index (χ3n) is 2.19. The quantitative estimate of drug-likeness (QED) is 0.709. The van der Waals surface area contributed by atoms with Crippen LogP contribution in [0.5, 0.6) is 0 Å².